The van der Waals surface area contributed by atoms with Crippen molar-refractivity contribution < 1.29 is 13.5 Å². The molecule has 0 radical (unpaired) electrons. The zero-order valence-electron chi connectivity index (χ0n) is 11.2. The molecule has 0 spiro atoms. The summed E-state index contributed by atoms with van der Waals surface area (Å²) in [7, 11) is -2.87. The summed E-state index contributed by atoms with van der Waals surface area (Å²) in [5.41, 5.74) is -0.272. The van der Waals surface area contributed by atoms with Gasteiger partial charge in [-0.25, -0.2) is 8.42 Å². The molecule has 0 heterocycles. The van der Waals surface area contributed by atoms with Gasteiger partial charge in [-0.3, -0.25) is 0 Å². The van der Waals surface area contributed by atoms with Gasteiger partial charge in [-0.15, -0.1) is 0 Å². The van der Waals surface area contributed by atoms with Crippen LogP contribution < -0.4 is 5.32 Å². The van der Waals surface area contributed by atoms with Gasteiger partial charge in [0.2, 0.25) is 0 Å². The maximum Gasteiger partial charge on any atom is 0.148 e. The van der Waals surface area contributed by atoms with Crippen LogP contribution in [0.4, 0.5) is 0 Å². The van der Waals surface area contributed by atoms with Crippen molar-refractivity contribution in [1.29, 1.82) is 0 Å². The molecule has 0 aliphatic carbocycles. The van der Waals surface area contributed by atoms with E-state index < -0.39 is 9.84 Å². The zero-order chi connectivity index (χ0) is 13.5. The lowest BCUT2D eigenvalue weighted by Crippen LogP contribution is -2.47. The minimum Gasteiger partial charge on any atom is -0.394 e. The average molecular weight is 283 g/mol. The van der Waals surface area contributed by atoms with Crippen LogP contribution in [-0.2, 0) is 9.84 Å². The molecule has 0 saturated carbocycles. The molecule has 2 atom stereocenters. The van der Waals surface area contributed by atoms with Crippen molar-refractivity contribution in [1.82, 2.24) is 5.32 Å². The molecule has 0 aliphatic rings. The smallest absolute Gasteiger partial charge is 0.148 e. The Labute approximate surface area is 109 Å². The number of aliphatic hydroxyl groups excluding tert-OH is 1. The Morgan fingerprint density at radius 1 is 1.47 bits per heavy atom. The van der Waals surface area contributed by atoms with Gasteiger partial charge in [0, 0.05) is 22.8 Å². The predicted molar refractivity (Wildman–Crippen MR) is 75.4 cm³/mol. The van der Waals surface area contributed by atoms with E-state index >= 15 is 0 Å². The van der Waals surface area contributed by atoms with Gasteiger partial charge < -0.3 is 10.4 Å². The van der Waals surface area contributed by atoms with Gasteiger partial charge in [0.25, 0.3) is 0 Å². The van der Waals surface area contributed by atoms with Crippen LogP contribution in [0.15, 0.2) is 0 Å². The summed E-state index contributed by atoms with van der Waals surface area (Å²) in [5, 5.41) is 12.9. The molecule has 0 saturated heterocycles. The monoisotopic (exact) mass is 283 g/mol. The molecule has 0 aliphatic heterocycles. The Bertz CT molecular complexity index is 306. The molecule has 0 aromatic rings. The first kappa shape index (κ1) is 17.2. The van der Waals surface area contributed by atoms with E-state index in [4.69, 9.17) is 0 Å². The Morgan fingerprint density at radius 2 is 2.06 bits per heavy atom. The van der Waals surface area contributed by atoms with Gasteiger partial charge in [-0.1, -0.05) is 13.8 Å². The van der Waals surface area contributed by atoms with Crippen LogP contribution >= 0.6 is 11.8 Å². The maximum absolute atomic E-state index is 11.0. The molecule has 0 amide bonds. The molecule has 0 aromatic carbocycles. The quantitative estimate of drug-likeness (QED) is 0.658. The van der Waals surface area contributed by atoms with Gasteiger partial charge in [-0.2, -0.15) is 11.8 Å². The van der Waals surface area contributed by atoms with Crippen molar-refractivity contribution in [2.24, 2.45) is 0 Å². The van der Waals surface area contributed by atoms with Crippen LogP contribution in [0.2, 0.25) is 0 Å². The summed E-state index contributed by atoms with van der Waals surface area (Å²) in [4.78, 5) is 0. The number of thioether (sulfide) groups is 1. The van der Waals surface area contributed by atoms with Gasteiger partial charge in [-0.05, 0) is 19.9 Å². The van der Waals surface area contributed by atoms with Crippen LogP contribution in [0, 0.1) is 0 Å². The minimum absolute atomic E-state index is 0.0951. The molecule has 2 unspecified atom stereocenters. The third kappa shape index (κ3) is 8.88. The summed E-state index contributed by atoms with van der Waals surface area (Å²) >= 11 is 1.64. The van der Waals surface area contributed by atoms with Gasteiger partial charge in [0.15, 0.2) is 0 Å². The highest BCUT2D eigenvalue weighted by molar-refractivity contribution is 8.01. The van der Waals surface area contributed by atoms with E-state index in [0.717, 1.165) is 13.0 Å². The molecular weight excluding hydrogens is 258 g/mol. The van der Waals surface area contributed by atoms with Gasteiger partial charge >= 0.3 is 0 Å². The Hall–Kier alpha value is 0.220. The van der Waals surface area contributed by atoms with Gasteiger partial charge in [0.1, 0.15) is 9.84 Å². The highest BCUT2D eigenvalue weighted by atomic mass is 32.2. The van der Waals surface area contributed by atoms with Crippen LogP contribution in [0.5, 0.6) is 0 Å². The number of nitrogens with one attached hydrogen (secondary N) is 1. The summed E-state index contributed by atoms with van der Waals surface area (Å²) in [6.45, 7) is 6.98. The van der Waals surface area contributed by atoms with E-state index in [1.54, 1.807) is 11.8 Å². The second-order valence-electron chi connectivity index (χ2n) is 4.76. The second kappa shape index (κ2) is 7.61. The first-order valence-corrected chi connectivity index (χ1v) is 8.98. The Balaban J connectivity index is 4.03. The van der Waals surface area contributed by atoms with E-state index in [1.807, 2.05) is 13.8 Å². The van der Waals surface area contributed by atoms with Crippen LogP contribution in [0.1, 0.15) is 27.2 Å². The van der Waals surface area contributed by atoms with Crippen LogP contribution in [-0.4, -0.2) is 55.2 Å². The summed E-state index contributed by atoms with van der Waals surface area (Å²) in [6, 6.07) is 0. The molecule has 17 heavy (non-hydrogen) atoms. The first-order chi connectivity index (χ1) is 7.72. The topological polar surface area (TPSA) is 66.4 Å². The largest absolute Gasteiger partial charge is 0.394 e. The number of aliphatic hydroxyl groups is 1. The van der Waals surface area contributed by atoms with Crippen LogP contribution in [0.3, 0.4) is 0 Å². The predicted octanol–water partition coefficient (Wildman–Crippen LogP) is 0.903. The van der Waals surface area contributed by atoms with E-state index in [2.05, 4.69) is 12.2 Å². The van der Waals surface area contributed by atoms with Crippen molar-refractivity contribution in [2.75, 3.05) is 30.9 Å². The van der Waals surface area contributed by atoms with E-state index in [9.17, 15) is 13.5 Å². The van der Waals surface area contributed by atoms with Crippen molar-refractivity contribution in [3.63, 3.8) is 0 Å². The van der Waals surface area contributed by atoms with Crippen molar-refractivity contribution >= 4 is 21.6 Å². The highest BCUT2D eigenvalue weighted by Gasteiger charge is 2.24. The normalized spacial score (nSPS) is 17.7. The lowest BCUT2D eigenvalue weighted by Gasteiger charge is -2.31. The van der Waals surface area contributed by atoms with Crippen molar-refractivity contribution in [2.45, 2.75) is 38.0 Å². The fourth-order valence-corrected chi connectivity index (χ4v) is 4.20. The number of likely N-dealkylation sites (N-methyl/N-ethyl adjacent to an activating group) is 1. The zero-order valence-corrected chi connectivity index (χ0v) is 12.8. The summed E-state index contributed by atoms with van der Waals surface area (Å²) in [6.07, 6.45) is 2.08. The maximum atomic E-state index is 11.0. The fourth-order valence-electron chi connectivity index (χ4n) is 1.71. The lowest BCUT2D eigenvalue weighted by molar-refractivity contribution is 0.168. The second-order valence-corrected chi connectivity index (χ2v) is 8.57. The van der Waals surface area contributed by atoms with Crippen molar-refractivity contribution in [3.8, 4) is 0 Å². The fraction of sp³-hybridized carbons (Fsp3) is 1.00. The highest BCUT2D eigenvalue weighted by Crippen LogP contribution is 2.21. The molecule has 4 nitrogen and oxygen atoms in total. The van der Waals surface area contributed by atoms with Crippen LogP contribution in [0.25, 0.3) is 0 Å². The third-order valence-electron chi connectivity index (χ3n) is 2.55. The number of rotatable bonds is 9. The Kier molecular flexibility index (Phi) is 7.71. The lowest BCUT2D eigenvalue weighted by atomic mass is 9.97. The average Bonchev–Trinajstić information content (AvgIpc) is 2.15. The summed E-state index contributed by atoms with van der Waals surface area (Å²) in [5.74, 6) is 0.840. The standard InChI is InChI=1S/C11H25NO3S2/c1-5-12-11(3,9-13)8-10(2)16-6-7-17(4,14)15/h10,12-13H,5-9H2,1-4H3. The Morgan fingerprint density at radius 3 is 2.47 bits per heavy atom. The molecule has 6 heteroatoms. The number of sulfone groups is 1. The molecule has 0 bridgehead atoms. The first-order valence-electron chi connectivity index (χ1n) is 5.87. The molecular formula is C11H25NO3S2. The molecule has 0 fully saturated rings. The summed E-state index contributed by atoms with van der Waals surface area (Å²) < 4.78 is 22.0. The minimum atomic E-state index is -2.87. The van der Waals surface area contributed by atoms with E-state index in [1.165, 1.54) is 6.26 Å². The van der Waals surface area contributed by atoms with Gasteiger partial charge in [0.05, 0.1) is 12.4 Å². The van der Waals surface area contributed by atoms with Crippen molar-refractivity contribution in [3.05, 3.63) is 0 Å². The molecule has 2 N–H and O–H groups in total. The SMILES string of the molecule is CCNC(C)(CO)CC(C)SCCS(C)(=O)=O. The third-order valence-corrected chi connectivity index (χ3v) is 4.93. The molecule has 104 valence electrons. The van der Waals surface area contributed by atoms with E-state index in [-0.39, 0.29) is 17.9 Å². The number of hydrogen-bond donors (Lipinski definition) is 2. The van der Waals surface area contributed by atoms with E-state index in [0.29, 0.717) is 11.0 Å². The molecule has 0 aromatic heterocycles. The number of hydrogen-bond acceptors (Lipinski definition) is 5. The molecule has 0 rings (SSSR count).